The summed E-state index contributed by atoms with van der Waals surface area (Å²) in [5, 5.41) is 2.38. The van der Waals surface area contributed by atoms with Crippen molar-refractivity contribution in [2.45, 2.75) is 71.6 Å². The van der Waals surface area contributed by atoms with Gasteiger partial charge in [-0.2, -0.15) is 0 Å². The second kappa shape index (κ2) is 13.7. The summed E-state index contributed by atoms with van der Waals surface area (Å²) in [6, 6.07) is 8.72. The van der Waals surface area contributed by atoms with Crippen molar-refractivity contribution in [3.05, 3.63) is 47.5 Å². The van der Waals surface area contributed by atoms with Crippen molar-refractivity contribution in [2.24, 2.45) is 5.92 Å². The van der Waals surface area contributed by atoms with E-state index >= 15 is 0 Å². The Morgan fingerprint density at radius 1 is 1.23 bits per heavy atom. The number of amides is 3. The molecule has 0 aliphatic carbocycles. The maximum Gasteiger partial charge on any atom is 0.329 e. The van der Waals surface area contributed by atoms with E-state index in [1.54, 1.807) is 24.9 Å². The van der Waals surface area contributed by atoms with E-state index in [9.17, 15) is 19.2 Å². The lowest BCUT2D eigenvalue weighted by Gasteiger charge is -2.30. The van der Waals surface area contributed by atoms with Gasteiger partial charge in [0.25, 0.3) is 0 Å². The number of hydrogen-bond acceptors (Lipinski definition) is 5. The molecule has 192 valence electrons. The third-order valence-electron chi connectivity index (χ3n) is 6.38. The van der Waals surface area contributed by atoms with E-state index in [0.717, 1.165) is 18.4 Å². The summed E-state index contributed by atoms with van der Waals surface area (Å²) in [6.45, 7) is 8.06. The highest BCUT2D eigenvalue weighted by Crippen LogP contribution is 2.27. The van der Waals surface area contributed by atoms with E-state index in [-0.39, 0.29) is 42.4 Å². The molecule has 2 rings (SSSR count). The fourth-order valence-corrected chi connectivity index (χ4v) is 4.42. The molecule has 0 saturated carbocycles. The largest absolute Gasteiger partial charge is 0.456 e. The molecule has 1 aliphatic rings. The number of nitrogens with one attached hydrogen (secondary N) is 1. The number of likely N-dealkylation sites (tertiary alicyclic amines) is 1. The molecule has 8 heteroatoms. The molecule has 35 heavy (non-hydrogen) atoms. The Labute approximate surface area is 208 Å². The fraction of sp³-hybridized carbons (Fsp3) is 0.556. The predicted octanol–water partition coefficient (Wildman–Crippen LogP) is 3.24. The number of benzene rings is 1. The lowest BCUT2D eigenvalue weighted by atomic mass is 9.99. The number of esters is 1. The first-order valence-electron chi connectivity index (χ1n) is 12.4. The molecule has 0 bridgehead atoms. The molecule has 8 nitrogen and oxygen atoms in total. The van der Waals surface area contributed by atoms with Crippen molar-refractivity contribution in [1.82, 2.24) is 15.1 Å². The molecule has 0 radical (unpaired) electrons. The zero-order valence-electron chi connectivity index (χ0n) is 21.5. The minimum absolute atomic E-state index is 0.0444. The first kappa shape index (κ1) is 28.1. The van der Waals surface area contributed by atoms with Crippen molar-refractivity contribution in [2.75, 3.05) is 20.1 Å². The maximum atomic E-state index is 13.4. The van der Waals surface area contributed by atoms with Crippen molar-refractivity contribution < 1.29 is 23.9 Å². The van der Waals surface area contributed by atoms with E-state index in [0.29, 0.717) is 31.4 Å². The van der Waals surface area contributed by atoms with Gasteiger partial charge >= 0.3 is 5.97 Å². The van der Waals surface area contributed by atoms with Crippen LogP contribution in [-0.2, 0) is 23.9 Å². The highest BCUT2D eigenvalue weighted by molar-refractivity contribution is 5.96. The van der Waals surface area contributed by atoms with Crippen molar-refractivity contribution in [1.29, 1.82) is 0 Å². The molecule has 0 spiro atoms. The number of carbonyl (C=O) groups is 4. The Kier molecular flexibility index (Phi) is 11.0. The van der Waals surface area contributed by atoms with Gasteiger partial charge in [0.1, 0.15) is 12.1 Å². The summed E-state index contributed by atoms with van der Waals surface area (Å²) in [5.41, 5.74) is 1.42. The van der Waals surface area contributed by atoms with Gasteiger partial charge in [0.2, 0.25) is 18.2 Å². The number of nitrogens with zero attached hydrogens (tertiary/aromatic N) is 2. The van der Waals surface area contributed by atoms with Crippen LogP contribution in [0.3, 0.4) is 0 Å². The molecule has 1 aliphatic heterocycles. The Morgan fingerprint density at radius 2 is 1.91 bits per heavy atom. The summed E-state index contributed by atoms with van der Waals surface area (Å²) in [6.07, 6.45) is 4.79. The highest BCUT2D eigenvalue weighted by Gasteiger charge is 2.37. The summed E-state index contributed by atoms with van der Waals surface area (Å²) < 4.78 is 5.91. The lowest BCUT2D eigenvalue weighted by Crippen LogP contribution is -2.45. The van der Waals surface area contributed by atoms with Gasteiger partial charge < -0.3 is 19.9 Å². The van der Waals surface area contributed by atoms with Crippen LogP contribution >= 0.6 is 0 Å². The molecule has 3 atom stereocenters. The standard InChI is InChI=1S/C27H39N3O5/c1-6-11-24(21-12-8-7-9-13-21)35-27(34)22-14-10-15-30(22)26(33)20(4)16-23(19(2)3)29(5)25(32)17-28-18-31/h7-9,12-13,16,18-19,22-24H,6,10-11,14-15,17H2,1-5H3,(H,28,31)/b20-16+/t22-,23+,24?/m0/s1. The molecule has 1 saturated heterocycles. The number of likely N-dealkylation sites (N-methyl/N-ethyl adjacent to an activating group) is 1. The average Bonchev–Trinajstić information content (AvgIpc) is 3.35. The number of carbonyl (C=O) groups excluding carboxylic acids is 4. The molecule has 3 amide bonds. The molecule has 1 fully saturated rings. The first-order valence-corrected chi connectivity index (χ1v) is 12.4. The van der Waals surface area contributed by atoms with Gasteiger partial charge in [-0.15, -0.1) is 0 Å². The molecular weight excluding hydrogens is 446 g/mol. The smallest absolute Gasteiger partial charge is 0.329 e. The number of rotatable bonds is 12. The summed E-state index contributed by atoms with van der Waals surface area (Å²) in [5.74, 6) is -0.812. The van der Waals surface area contributed by atoms with E-state index in [1.807, 2.05) is 51.1 Å². The van der Waals surface area contributed by atoms with Gasteiger partial charge in [-0.05, 0) is 37.7 Å². The Balaban J connectivity index is 2.15. The maximum absolute atomic E-state index is 13.4. The average molecular weight is 486 g/mol. The monoisotopic (exact) mass is 485 g/mol. The van der Waals surface area contributed by atoms with Crippen LogP contribution in [-0.4, -0.2) is 66.2 Å². The zero-order chi connectivity index (χ0) is 26.0. The van der Waals surface area contributed by atoms with Gasteiger partial charge in [0, 0.05) is 19.2 Å². The van der Waals surface area contributed by atoms with E-state index in [2.05, 4.69) is 5.32 Å². The zero-order valence-corrected chi connectivity index (χ0v) is 21.5. The van der Waals surface area contributed by atoms with Crippen LogP contribution in [0.25, 0.3) is 0 Å². The summed E-state index contributed by atoms with van der Waals surface area (Å²) >= 11 is 0. The number of ether oxygens (including phenoxy) is 1. The van der Waals surface area contributed by atoms with Crippen molar-refractivity contribution in [3.63, 3.8) is 0 Å². The van der Waals surface area contributed by atoms with Crippen LogP contribution in [0.2, 0.25) is 0 Å². The third kappa shape index (κ3) is 7.67. The SMILES string of the molecule is CCCC(OC(=O)[C@@H]1CCCN1C(=O)/C(C)=C/[C@H](C(C)C)N(C)C(=O)CNC=O)c1ccccc1. The van der Waals surface area contributed by atoms with Crippen LogP contribution in [0.5, 0.6) is 0 Å². The van der Waals surface area contributed by atoms with Gasteiger partial charge in [-0.25, -0.2) is 4.79 Å². The second-order valence-corrected chi connectivity index (χ2v) is 9.37. The molecule has 1 aromatic rings. The predicted molar refractivity (Wildman–Crippen MR) is 134 cm³/mol. The Hall–Kier alpha value is -3.16. The second-order valence-electron chi connectivity index (χ2n) is 9.37. The topological polar surface area (TPSA) is 96.0 Å². The molecule has 1 aromatic carbocycles. The summed E-state index contributed by atoms with van der Waals surface area (Å²) in [4.78, 5) is 52.5. The van der Waals surface area contributed by atoms with Crippen molar-refractivity contribution in [3.8, 4) is 0 Å². The molecule has 1 unspecified atom stereocenters. The quantitative estimate of drug-likeness (QED) is 0.279. The van der Waals surface area contributed by atoms with E-state index in [4.69, 9.17) is 4.74 Å². The minimum Gasteiger partial charge on any atom is -0.456 e. The van der Waals surface area contributed by atoms with Crippen LogP contribution in [0.15, 0.2) is 42.0 Å². The Morgan fingerprint density at radius 3 is 2.51 bits per heavy atom. The van der Waals surface area contributed by atoms with Gasteiger partial charge in [0.15, 0.2) is 0 Å². The van der Waals surface area contributed by atoms with Crippen LogP contribution in [0.1, 0.15) is 65.0 Å². The van der Waals surface area contributed by atoms with Crippen LogP contribution in [0.4, 0.5) is 0 Å². The third-order valence-corrected chi connectivity index (χ3v) is 6.38. The van der Waals surface area contributed by atoms with Gasteiger partial charge in [-0.1, -0.05) is 63.6 Å². The first-order chi connectivity index (χ1) is 16.7. The minimum atomic E-state index is -0.623. The van der Waals surface area contributed by atoms with Crippen molar-refractivity contribution >= 4 is 24.2 Å². The Bertz CT molecular complexity index is 899. The van der Waals surface area contributed by atoms with E-state index < -0.39 is 6.04 Å². The summed E-state index contributed by atoms with van der Waals surface area (Å²) in [7, 11) is 1.65. The normalized spacial score (nSPS) is 17.6. The highest BCUT2D eigenvalue weighted by atomic mass is 16.5. The molecular formula is C27H39N3O5. The van der Waals surface area contributed by atoms with Crippen LogP contribution in [0, 0.1) is 5.92 Å². The van der Waals surface area contributed by atoms with E-state index in [1.165, 1.54) is 4.90 Å². The fourth-order valence-electron chi connectivity index (χ4n) is 4.42. The van der Waals surface area contributed by atoms with Crippen LogP contribution < -0.4 is 5.32 Å². The van der Waals surface area contributed by atoms with Gasteiger partial charge in [-0.3, -0.25) is 14.4 Å². The molecule has 1 N–H and O–H groups in total. The molecule has 1 heterocycles. The lowest BCUT2D eigenvalue weighted by molar-refractivity contribution is -0.158. The number of hydrogen-bond donors (Lipinski definition) is 1. The van der Waals surface area contributed by atoms with Gasteiger partial charge in [0.05, 0.1) is 12.6 Å². The molecule has 0 aromatic heterocycles.